The van der Waals surface area contributed by atoms with Gasteiger partial charge < -0.3 is 19.7 Å². The van der Waals surface area contributed by atoms with Gasteiger partial charge in [0.25, 0.3) is 11.7 Å². The molecule has 1 N–H and O–H groups in total. The monoisotopic (exact) mass is 501 g/mol. The predicted octanol–water partition coefficient (Wildman–Crippen LogP) is 2.77. The number of anilines is 1. The molecular formula is C29H35N5O3. The molecule has 0 saturated carbocycles. The highest BCUT2D eigenvalue weighted by Crippen LogP contribution is 2.23. The summed E-state index contributed by atoms with van der Waals surface area (Å²) in [5, 5.41) is 3.51. The Bertz CT molecular complexity index is 1240. The summed E-state index contributed by atoms with van der Waals surface area (Å²) in [7, 11) is 0. The maximum Gasteiger partial charge on any atom is 0.292 e. The number of fused-ring (bicyclic) bond motifs is 1. The van der Waals surface area contributed by atoms with Gasteiger partial charge in [-0.2, -0.15) is 0 Å². The number of benzene rings is 2. The highest BCUT2D eigenvalue weighted by Gasteiger charge is 2.24. The van der Waals surface area contributed by atoms with E-state index >= 15 is 0 Å². The molecule has 8 nitrogen and oxygen atoms in total. The average Bonchev–Trinajstić information content (AvgIpc) is 3.32. The van der Waals surface area contributed by atoms with Crippen molar-refractivity contribution >= 4 is 34.2 Å². The number of piperidine rings is 1. The van der Waals surface area contributed by atoms with Crippen LogP contribution in [0, 0.1) is 0 Å². The smallest absolute Gasteiger partial charge is 0.292 e. The molecule has 3 aromatic rings. The Morgan fingerprint density at radius 2 is 1.49 bits per heavy atom. The van der Waals surface area contributed by atoms with Gasteiger partial charge in [-0.15, -0.1) is 0 Å². The van der Waals surface area contributed by atoms with Crippen molar-refractivity contribution in [3.63, 3.8) is 0 Å². The quantitative estimate of drug-likeness (QED) is 0.379. The van der Waals surface area contributed by atoms with E-state index in [4.69, 9.17) is 0 Å². The van der Waals surface area contributed by atoms with Gasteiger partial charge in [0.05, 0.1) is 5.56 Å². The van der Waals surface area contributed by atoms with Gasteiger partial charge in [-0.1, -0.05) is 36.4 Å². The molecule has 2 fully saturated rings. The number of carbonyl (C=O) groups excluding carboxylic acids is 3. The molecule has 2 aromatic carbocycles. The van der Waals surface area contributed by atoms with Crippen LogP contribution in [0.3, 0.4) is 0 Å². The Kier molecular flexibility index (Phi) is 7.84. The maximum absolute atomic E-state index is 13.1. The first-order valence-corrected chi connectivity index (χ1v) is 13.3. The third-order valence-electron chi connectivity index (χ3n) is 7.46. The molecule has 0 bridgehead atoms. The number of Topliss-reactive ketones (excluding diaryl/α,β-unsaturated/α-hetero) is 1. The number of hydrogen-bond acceptors (Lipinski definition) is 5. The highest BCUT2D eigenvalue weighted by molar-refractivity contribution is 6.45. The lowest BCUT2D eigenvalue weighted by Gasteiger charge is -2.36. The Morgan fingerprint density at radius 3 is 2.24 bits per heavy atom. The van der Waals surface area contributed by atoms with E-state index in [2.05, 4.69) is 39.4 Å². The third kappa shape index (κ3) is 5.85. The number of para-hydroxylation sites is 2. The van der Waals surface area contributed by atoms with E-state index in [1.54, 1.807) is 10.8 Å². The zero-order chi connectivity index (χ0) is 25.6. The molecule has 0 spiro atoms. The van der Waals surface area contributed by atoms with E-state index in [0.29, 0.717) is 24.0 Å². The van der Waals surface area contributed by atoms with Crippen LogP contribution in [0.1, 0.15) is 29.6 Å². The van der Waals surface area contributed by atoms with Gasteiger partial charge in [0.15, 0.2) is 0 Å². The molecule has 1 aromatic heterocycles. The first kappa shape index (κ1) is 25.0. The van der Waals surface area contributed by atoms with Crippen molar-refractivity contribution in [2.75, 3.05) is 57.3 Å². The van der Waals surface area contributed by atoms with Crippen molar-refractivity contribution < 1.29 is 14.4 Å². The molecule has 194 valence electrons. The number of aromatic nitrogens is 1. The SMILES string of the molecule is O=C(NCCN1CCN(c2ccccc2)CC1)C(=O)c1cn(CC(=O)N2CCCCC2)c2ccccc12. The standard InChI is InChI=1S/C29H35N5O3/c35-27(33-14-7-2-8-15-33)22-34-21-25(24-11-5-6-12-26(24)34)28(36)29(37)30-13-16-31-17-19-32(20-18-31)23-9-3-1-4-10-23/h1,3-6,9-12,21H,2,7-8,13-20,22H2,(H,30,37). The Morgan fingerprint density at radius 1 is 0.784 bits per heavy atom. The second-order valence-electron chi connectivity index (χ2n) is 9.88. The minimum absolute atomic E-state index is 0.0521. The summed E-state index contributed by atoms with van der Waals surface area (Å²) in [5.41, 5.74) is 2.37. The first-order valence-electron chi connectivity index (χ1n) is 13.3. The van der Waals surface area contributed by atoms with E-state index in [1.165, 1.54) is 5.69 Å². The fraction of sp³-hybridized carbons (Fsp3) is 0.414. The molecule has 2 amide bonds. The van der Waals surface area contributed by atoms with Crippen LogP contribution in [0.5, 0.6) is 0 Å². The lowest BCUT2D eigenvalue weighted by atomic mass is 10.1. The molecule has 5 rings (SSSR count). The number of rotatable bonds is 8. The second-order valence-corrected chi connectivity index (χ2v) is 9.88. The van der Waals surface area contributed by atoms with Gasteiger partial charge in [-0.3, -0.25) is 19.3 Å². The maximum atomic E-state index is 13.1. The minimum Gasteiger partial charge on any atom is -0.369 e. The van der Waals surface area contributed by atoms with Crippen LogP contribution in [0.25, 0.3) is 10.9 Å². The van der Waals surface area contributed by atoms with Gasteiger partial charge in [0.2, 0.25) is 5.91 Å². The molecule has 2 aliphatic heterocycles. The van der Waals surface area contributed by atoms with Crippen LogP contribution in [0.15, 0.2) is 60.8 Å². The summed E-state index contributed by atoms with van der Waals surface area (Å²) in [6.45, 7) is 6.56. The van der Waals surface area contributed by atoms with Gasteiger partial charge in [0, 0.05) is 75.1 Å². The third-order valence-corrected chi connectivity index (χ3v) is 7.46. The average molecular weight is 502 g/mol. The Hall–Kier alpha value is -3.65. The van der Waals surface area contributed by atoms with Crippen LogP contribution in [-0.4, -0.2) is 84.3 Å². The van der Waals surface area contributed by atoms with Gasteiger partial charge in [0.1, 0.15) is 6.54 Å². The minimum atomic E-state index is -0.604. The molecule has 0 radical (unpaired) electrons. The number of hydrogen-bond donors (Lipinski definition) is 1. The molecule has 0 aliphatic carbocycles. The van der Waals surface area contributed by atoms with Gasteiger partial charge in [-0.05, 0) is 37.5 Å². The van der Waals surface area contributed by atoms with Crippen LogP contribution in [0.2, 0.25) is 0 Å². The van der Waals surface area contributed by atoms with E-state index in [1.807, 2.05) is 35.2 Å². The van der Waals surface area contributed by atoms with Crippen molar-refractivity contribution in [2.45, 2.75) is 25.8 Å². The lowest BCUT2D eigenvalue weighted by molar-refractivity contribution is -0.132. The summed E-state index contributed by atoms with van der Waals surface area (Å²) in [5.74, 6) is -1.11. The highest BCUT2D eigenvalue weighted by atomic mass is 16.2. The fourth-order valence-corrected chi connectivity index (χ4v) is 5.35. The summed E-state index contributed by atoms with van der Waals surface area (Å²) >= 11 is 0. The van der Waals surface area contributed by atoms with E-state index in [-0.39, 0.29) is 12.5 Å². The molecule has 0 unspecified atom stereocenters. The number of amides is 2. The van der Waals surface area contributed by atoms with E-state index in [9.17, 15) is 14.4 Å². The van der Waals surface area contributed by atoms with Crippen molar-refractivity contribution in [2.24, 2.45) is 0 Å². The van der Waals surface area contributed by atoms with E-state index < -0.39 is 11.7 Å². The van der Waals surface area contributed by atoms with Crippen molar-refractivity contribution in [1.82, 2.24) is 19.7 Å². The number of likely N-dealkylation sites (tertiary alicyclic amines) is 1. The largest absolute Gasteiger partial charge is 0.369 e. The van der Waals surface area contributed by atoms with Crippen molar-refractivity contribution in [3.05, 3.63) is 66.4 Å². The van der Waals surface area contributed by atoms with Crippen LogP contribution < -0.4 is 10.2 Å². The molecule has 0 atom stereocenters. The fourth-order valence-electron chi connectivity index (χ4n) is 5.35. The van der Waals surface area contributed by atoms with Crippen LogP contribution in [-0.2, 0) is 16.1 Å². The van der Waals surface area contributed by atoms with Crippen molar-refractivity contribution in [1.29, 1.82) is 0 Å². The van der Waals surface area contributed by atoms with Gasteiger partial charge >= 0.3 is 0 Å². The Labute approximate surface area is 217 Å². The van der Waals surface area contributed by atoms with Crippen LogP contribution >= 0.6 is 0 Å². The Balaban J connectivity index is 1.16. The second kappa shape index (κ2) is 11.6. The van der Waals surface area contributed by atoms with E-state index in [0.717, 1.165) is 64.0 Å². The number of nitrogens with zero attached hydrogens (tertiary/aromatic N) is 4. The van der Waals surface area contributed by atoms with Gasteiger partial charge in [-0.25, -0.2) is 0 Å². The van der Waals surface area contributed by atoms with Crippen molar-refractivity contribution in [3.8, 4) is 0 Å². The normalized spacial score (nSPS) is 16.6. The number of piperazine rings is 1. The molecule has 37 heavy (non-hydrogen) atoms. The summed E-state index contributed by atoms with van der Waals surface area (Å²) in [6.07, 6.45) is 4.89. The summed E-state index contributed by atoms with van der Waals surface area (Å²) < 4.78 is 1.80. The molecule has 8 heteroatoms. The molecule has 2 saturated heterocycles. The number of nitrogens with one attached hydrogen (secondary N) is 1. The lowest BCUT2D eigenvalue weighted by Crippen LogP contribution is -2.48. The zero-order valence-electron chi connectivity index (χ0n) is 21.3. The molecular weight excluding hydrogens is 466 g/mol. The first-order chi connectivity index (χ1) is 18.1. The molecule has 2 aliphatic rings. The number of ketones is 1. The zero-order valence-corrected chi connectivity index (χ0v) is 21.3. The molecule has 3 heterocycles. The topological polar surface area (TPSA) is 77.9 Å². The number of carbonyl (C=O) groups is 3. The summed E-state index contributed by atoms with van der Waals surface area (Å²) in [4.78, 5) is 45.3. The predicted molar refractivity (Wildman–Crippen MR) is 145 cm³/mol. The van der Waals surface area contributed by atoms with Crippen LogP contribution in [0.4, 0.5) is 5.69 Å². The summed E-state index contributed by atoms with van der Waals surface area (Å²) in [6, 6.07) is 17.8.